The van der Waals surface area contributed by atoms with Gasteiger partial charge in [-0.1, -0.05) is 31.2 Å². The van der Waals surface area contributed by atoms with Gasteiger partial charge in [-0.3, -0.25) is 4.90 Å². The molecule has 2 aromatic carbocycles. The fourth-order valence-corrected chi connectivity index (χ4v) is 3.93. The Balaban J connectivity index is 2.09. The third-order valence-corrected chi connectivity index (χ3v) is 5.45. The number of benzene rings is 2. The Kier molecular flexibility index (Phi) is 7.18. The molecule has 5 nitrogen and oxygen atoms in total. The van der Waals surface area contributed by atoms with Gasteiger partial charge in [-0.15, -0.1) is 0 Å². The molecule has 1 saturated heterocycles. The third-order valence-electron chi connectivity index (χ3n) is 5.45. The van der Waals surface area contributed by atoms with E-state index >= 15 is 0 Å². The van der Waals surface area contributed by atoms with Crippen LogP contribution in [0.15, 0.2) is 36.4 Å². The van der Waals surface area contributed by atoms with Crippen LogP contribution >= 0.6 is 0 Å². The summed E-state index contributed by atoms with van der Waals surface area (Å²) in [5, 5.41) is 3.51. The van der Waals surface area contributed by atoms with E-state index < -0.39 is 0 Å². The highest BCUT2D eigenvalue weighted by atomic mass is 16.5. The topological polar surface area (TPSA) is 43.0 Å². The lowest BCUT2D eigenvalue weighted by molar-refractivity contribution is 0.239. The Bertz CT molecular complexity index is 728. The molecule has 0 aliphatic carbocycles. The molecule has 0 amide bonds. The Morgan fingerprint density at radius 3 is 2.14 bits per heavy atom. The molecule has 1 aliphatic rings. The fourth-order valence-electron chi connectivity index (χ4n) is 3.93. The van der Waals surface area contributed by atoms with Crippen molar-refractivity contribution in [1.29, 1.82) is 0 Å². The van der Waals surface area contributed by atoms with E-state index in [4.69, 9.17) is 14.2 Å². The highest BCUT2D eigenvalue weighted by Crippen LogP contribution is 2.42. The predicted molar refractivity (Wildman–Crippen MR) is 113 cm³/mol. The molecule has 0 aromatic heterocycles. The lowest BCUT2D eigenvalue weighted by Gasteiger charge is -2.32. The molecular weight excluding hydrogens is 352 g/mol. The number of methoxy groups -OCH3 is 3. The van der Waals surface area contributed by atoms with Crippen molar-refractivity contribution in [3.05, 3.63) is 53.1 Å². The summed E-state index contributed by atoms with van der Waals surface area (Å²) in [5.74, 6) is 2.02. The molecule has 28 heavy (non-hydrogen) atoms. The number of aryl methyl sites for hydroxylation is 1. The number of rotatable bonds is 7. The van der Waals surface area contributed by atoms with Crippen LogP contribution in [0.3, 0.4) is 0 Å². The number of ether oxygens (including phenoxy) is 3. The van der Waals surface area contributed by atoms with Crippen molar-refractivity contribution in [2.75, 3.05) is 47.5 Å². The molecule has 1 unspecified atom stereocenters. The molecule has 5 heteroatoms. The molecule has 0 bridgehead atoms. The van der Waals surface area contributed by atoms with Crippen molar-refractivity contribution in [3.8, 4) is 17.2 Å². The lowest BCUT2D eigenvalue weighted by Crippen LogP contribution is -2.33. The number of nitrogens with one attached hydrogen (secondary N) is 1. The monoisotopic (exact) mass is 384 g/mol. The van der Waals surface area contributed by atoms with E-state index in [-0.39, 0.29) is 6.04 Å². The van der Waals surface area contributed by atoms with Crippen LogP contribution in [0.25, 0.3) is 0 Å². The zero-order chi connectivity index (χ0) is 19.9. The normalized spacial score (nSPS) is 16.3. The van der Waals surface area contributed by atoms with Gasteiger partial charge in [0.05, 0.1) is 27.4 Å². The summed E-state index contributed by atoms with van der Waals surface area (Å²) in [6, 6.07) is 13.3. The molecule has 1 N–H and O–H groups in total. The average Bonchev–Trinajstić information content (AvgIpc) is 3.03. The van der Waals surface area contributed by atoms with Crippen molar-refractivity contribution in [2.45, 2.75) is 25.8 Å². The Morgan fingerprint density at radius 2 is 1.57 bits per heavy atom. The quantitative estimate of drug-likeness (QED) is 0.789. The smallest absolute Gasteiger partial charge is 0.203 e. The van der Waals surface area contributed by atoms with Crippen molar-refractivity contribution in [1.82, 2.24) is 10.2 Å². The molecule has 0 saturated carbocycles. The van der Waals surface area contributed by atoms with Crippen LogP contribution in [-0.4, -0.2) is 52.4 Å². The van der Waals surface area contributed by atoms with E-state index in [1.165, 1.54) is 11.1 Å². The van der Waals surface area contributed by atoms with Gasteiger partial charge in [-0.2, -0.15) is 0 Å². The molecule has 152 valence electrons. The maximum Gasteiger partial charge on any atom is 0.203 e. The fraction of sp³-hybridized carbons (Fsp3) is 0.478. The second-order valence-electron chi connectivity index (χ2n) is 7.10. The molecule has 0 spiro atoms. The van der Waals surface area contributed by atoms with Crippen molar-refractivity contribution >= 4 is 0 Å². The van der Waals surface area contributed by atoms with Gasteiger partial charge in [-0.25, -0.2) is 0 Å². The van der Waals surface area contributed by atoms with Crippen LogP contribution in [0.4, 0.5) is 0 Å². The zero-order valence-corrected chi connectivity index (χ0v) is 17.5. The largest absolute Gasteiger partial charge is 0.493 e. The summed E-state index contributed by atoms with van der Waals surface area (Å²) in [6.45, 7) is 6.29. The highest BCUT2D eigenvalue weighted by Gasteiger charge is 2.26. The summed E-state index contributed by atoms with van der Waals surface area (Å²) in [6.07, 6.45) is 2.18. The van der Waals surface area contributed by atoms with E-state index in [0.717, 1.165) is 44.6 Å². The van der Waals surface area contributed by atoms with Crippen LogP contribution in [-0.2, 0) is 6.42 Å². The molecule has 3 rings (SSSR count). The van der Waals surface area contributed by atoms with Gasteiger partial charge in [0.25, 0.3) is 0 Å². The number of hydrogen-bond acceptors (Lipinski definition) is 5. The molecule has 1 atom stereocenters. The average molecular weight is 385 g/mol. The molecule has 0 radical (unpaired) electrons. The molecular formula is C23H32N2O3. The number of hydrogen-bond donors (Lipinski definition) is 1. The first-order chi connectivity index (χ1) is 13.7. The summed E-state index contributed by atoms with van der Waals surface area (Å²) in [4.78, 5) is 2.54. The van der Waals surface area contributed by atoms with Crippen LogP contribution < -0.4 is 19.5 Å². The standard InChI is InChI=1S/C23H32N2O3/c1-5-17-7-9-18(10-8-17)22(25-13-6-11-24-12-14-25)19-15-20(26-2)23(28-4)21(16-19)27-3/h7-10,15-16,22,24H,5-6,11-14H2,1-4H3. The minimum atomic E-state index is 0.138. The predicted octanol–water partition coefficient (Wildman–Crippen LogP) is 3.66. The van der Waals surface area contributed by atoms with Gasteiger partial charge in [0, 0.05) is 19.6 Å². The van der Waals surface area contributed by atoms with Gasteiger partial charge in [0.2, 0.25) is 5.75 Å². The van der Waals surface area contributed by atoms with Gasteiger partial charge in [-0.05, 0) is 48.2 Å². The van der Waals surface area contributed by atoms with E-state index in [9.17, 15) is 0 Å². The Morgan fingerprint density at radius 1 is 0.893 bits per heavy atom. The van der Waals surface area contributed by atoms with Crippen LogP contribution in [0.5, 0.6) is 17.2 Å². The first-order valence-corrected chi connectivity index (χ1v) is 10.0. The van der Waals surface area contributed by atoms with Crippen LogP contribution in [0.1, 0.15) is 36.1 Å². The number of nitrogens with zero attached hydrogens (tertiary/aromatic N) is 1. The minimum absolute atomic E-state index is 0.138. The van der Waals surface area contributed by atoms with Gasteiger partial charge in [0.1, 0.15) is 0 Å². The minimum Gasteiger partial charge on any atom is -0.493 e. The second kappa shape index (κ2) is 9.80. The van der Waals surface area contributed by atoms with Gasteiger partial charge >= 0.3 is 0 Å². The molecule has 2 aromatic rings. The molecule has 1 fully saturated rings. The second-order valence-corrected chi connectivity index (χ2v) is 7.10. The summed E-state index contributed by atoms with van der Waals surface area (Å²) < 4.78 is 16.8. The van der Waals surface area contributed by atoms with E-state index in [0.29, 0.717) is 17.2 Å². The maximum atomic E-state index is 5.62. The van der Waals surface area contributed by atoms with Crippen molar-refractivity contribution in [3.63, 3.8) is 0 Å². The van der Waals surface area contributed by atoms with E-state index in [2.05, 4.69) is 53.5 Å². The highest BCUT2D eigenvalue weighted by molar-refractivity contribution is 5.55. The zero-order valence-electron chi connectivity index (χ0n) is 17.5. The van der Waals surface area contributed by atoms with Crippen molar-refractivity contribution < 1.29 is 14.2 Å². The molecule has 1 heterocycles. The van der Waals surface area contributed by atoms with Crippen LogP contribution in [0.2, 0.25) is 0 Å². The first-order valence-electron chi connectivity index (χ1n) is 10.0. The maximum absolute atomic E-state index is 5.62. The van der Waals surface area contributed by atoms with E-state index in [1.807, 2.05) is 0 Å². The van der Waals surface area contributed by atoms with Crippen molar-refractivity contribution in [2.24, 2.45) is 0 Å². The Labute approximate surface area is 168 Å². The first kappa shape index (κ1) is 20.5. The third kappa shape index (κ3) is 4.42. The summed E-state index contributed by atoms with van der Waals surface area (Å²) >= 11 is 0. The molecule has 1 aliphatic heterocycles. The van der Waals surface area contributed by atoms with E-state index in [1.54, 1.807) is 21.3 Å². The summed E-state index contributed by atoms with van der Waals surface area (Å²) in [5.41, 5.74) is 3.79. The Hall–Kier alpha value is -2.24. The summed E-state index contributed by atoms with van der Waals surface area (Å²) in [7, 11) is 4.98. The lowest BCUT2D eigenvalue weighted by atomic mass is 9.94. The van der Waals surface area contributed by atoms with Crippen LogP contribution in [0, 0.1) is 0 Å². The SMILES string of the molecule is CCc1ccc(C(c2cc(OC)c(OC)c(OC)c2)N2CCCNCC2)cc1. The van der Waals surface area contributed by atoms with Gasteiger partial charge < -0.3 is 19.5 Å². The van der Waals surface area contributed by atoms with Gasteiger partial charge in [0.15, 0.2) is 11.5 Å².